The van der Waals surface area contributed by atoms with Crippen LogP contribution < -0.4 is 0 Å². The lowest BCUT2D eigenvalue weighted by Crippen LogP contribution is -2.00. The number of fused-ring (bicyclic) bond motifs is 7. The molecule has 0 saturated heterocycles. The first-order valence-corrected chi connectivity index (χ1v) is 15.4. The van der Waals surface area contributed by atoms with Crippen molar-refractivity contribution in [3.05, 3.63) is 146 Å². The standard InChI is InChI=1S/C39H24N4S/c1-4-13-26(14-5-1)37-40-38(27-15-6-2-7-16-27)42-39(41-37)28-21-23-33-31(24-28)35-36(44-33)34-30-19-11-10-12-25(30)20-22-32(34)43(35)29-17-8-3-9-18-29/h1-24H. The molecule has 0 aliphatic carbocycles. The zero-order chi connectivity index (χ0) is 29.0. The summed E-state index contributed by atoms with van der Waals surface area (Å²) < 4.78 is 4.94. The minimum Gasteiger partial charge on any atom is -0.308 e. The lowest BCUT2D eigenvalue weighted by atomic mass is 10.1. The molecule has 0 spiro atoms. The van der Waals surface area contributed by atoms with Crippen LogP contribution in [-0.4, -0.2) is 19.5 Å². The smallest absolute Gasteiger partial charge is 0.164 e. The molecule has 4 nitrogen and oxygen atoms in total. The Morgan fingerprint density at radius 1 is 0.477 bits per heavy atom. The van der Waals surface area contributed by atoms with Crippen LogP contribution in [0.3, 0.4) is 0 Å². The zero-order valence-corrected chi connectivity index (χ0v) is 24.4. The molecule has 6 aromatic carbocycles. The van der Waals surface area contributed by atoms with Crippen molar-refractivity contribution < 1.29 is 0 Å². The second-order valence-electron chi connectivity index (χ2n) is 10.9. The van der Waals surface area contributed by atoms with Crippen LogP contribution in [0, 0.1) is 0 Å². The average Bonchev–Trinajstić information content (AvgIpc) is 3.63. The van der Waals surface area contributed by atoms with Crippen molar-refractivity contribution >= 4 is 53.3 Å². The summed E-state index contributed by atoms with van der Waals surface area (Å²) in [6.07, 6.45) is 0. The molecule has 0 amide bonds. The molecule has 0 bridgehead atoms. The molecule has 5 heteroatoms. The topological polar surface area (TPSA) is 43.6 Å². The average molecular weight is 581 g/mol. The minimum absolute atomic E-state index is 0.659. The molecule has 0 saturated carbocycles. The third-order valence-electron chi connectivity index (χ3n) is 8.23. The Kier molecular flexibility index (Phi) is 5.64. The first-order chi connectivity index (χ1) is 21.8. The second kappa shape index (κ2) is 9.97. The number of rotatable bonds is 4. The van der Waals surface area contributed by atoms with E-state index < -0.39 is 0 Å². The van der Waals surface area contributed by atoms with Gasteiger partial charge in [-0.3, -0.25) is 0 Å². The summed E-state index contributed by atoms with van der Waals surface area (Å²) in [6, 6.07) is 50.7. The highest BCUT2D eigenvalue weighted by atomic mass is 32.1. The van der Waals surface area contributed by atoms with Crippen LogP contribution in [0.5, 0.6) is 0 Å². The molecule has 44 heavy (non-hydrogen) atoms. The van der Waals surface area contributed by atoms with Crippen molar-refractivity contribution in [2.24, 2.45) is 0 Å². The highest BCUT2D eigenvalue weighted by molar-refractivity contribution is 7.26. The van der Waals surface area contributed by atoms with Gasteiger partial charge in [-0.2, -0.15) is 0 Å². The van der Waals surface area contributed by atoms with Crippen molar-refractivity contribution in [2.75, 3.05) is 0 Å². The predicted octanol–water partition coefficient (Wildman–Crippen LogP) is 10.3. The maximum Gasteiger partial charge on any atom is 0.164 e. The van der Waals surface area contributed by atoms with Gasteiger partial charge in [-0.05, 0) is 47.2 Å². The number of thiophene rings is 1. The number of aromatic nitrogens is 4. The molecule has 3 aromatic heterocycles. The van der Waals surface area contributed by atoms with E-state index in [0.29, 0.717) is 17.5 Å². The van der Waals surface area contributed by atoms with Crippen LogP contribution in [-0.2, 0) is 0 Å². The van der Waals surface area contributed by atoms with Crippen LogP contribution in [0.4, 0.5) is 0 Å². The molecule has 9 rings (SSSR count). The lowest BCUT2D eigenvalue weighted by Gasteiger charge is -2.10. The molecule has 0 N–H and O–H groups in total. The van der Waals surface area contributed by atoms with E-state index in [1.165, 1.54) is 42.0 Å². The normalized spacial score (nSPS) is 11.6. The molecule has 0 atom stereocenters. The van der Waals surface area contributed by atoms with Gasteiger partial charge in [0.05, 0.1) is 15.7 Å². The van der Waals surface area contributed by atoms with Gasteiger partial charge in [0.2, 0.25) is 0 Å². The van der Waals surface area contributed by atoms with Crippen LogP contribution in [0.2, 0.25) is 0 Å². The Bertz CT molecular complexity index is 2420. The molecule has 0 fully saturated rings. The maximum atomic E-state index is 5.01. The van der Waals surface area contributed by atoms with Gasteiger partial charge in [0.15, 0.2) is 17.5 Å². The fraction of sp³-hybridized carbons (Fsp3) is 0. The molecule has 0 unspecified atom stereocenters. The van der Waals surface area contributed by atoms with Crippen LogP contribution in [0.1, 0.15) is 0 Å². The van der Waals surface area contributed by atoms with Crippen LogP contribution in [0.15, 0.2) is 146 Å². The van der Waals surface area contributed by atoms with E-state index in [-0.39, 0.29) is 0 Å². The number of hydrogen-bond acceptors (Lipinski definition) is 4. The van der Waals surface area contributed by atoms with E-state index in [0.717, 1.165) is 22.4 Å². The van der Waals surface area contributed by atoms with E-state index in [1.807, 2.05) is 72.0 Å². The van der Waals surface area contributed by atoms with Gasteiger partial charge in [-0.25, -0.2) is 15.0 Å². The van der Waals surface area contributed by atoms with Gasteiger partial charge in [0, 0.05) is 37.9 Å². The zero-order valence-electron chi connectivity index (χ0n) is 23.6. The summed E-state index contributed by atoms with van der Waals surface area (Å²) in [5, 5.41) is 5.00. The molecular weight excluding hydrogens is 557 g/mol. The molecule has 0 aliphatic heterocycles. The molecular formula is C39H24N4S. The Morgan fingerprint density at radius 3 is 1.75 bits per heavy atom. The highest BCUT2D eigenvalue weighted by Gasteiger charge is 2.21. The molecule has 9 aromatic rings. The lowest BCUT2D eigenvalue weighted by molar-refractivity contribution is 1.07. The van der Waals surface area contributed by atoms with E-state index in [9.17, 15) is 0 Å². The quantitative estimate of drug-likeness (QED) is 0.208. The summed E-state index contributed by atoms with van der Waals surface area (Å²) in [4.78, 5) is 14.9. The summed E-state index contributed by atoms with van der Waals surface area (Å²) in [5.74, 6) is 1.98. The van der Waals surface area contributed by atoms with Crippen molar-refractivity contribution in [3.8, 4) is 39.9 Å². The number of para-hydroxylation sites is 1. The van der Waals surface area contributed by atoms with Crippen molar-refractivity contribution in [3.63, 3.8) is 0 Å². The summed E-state index contributed by atoms with van der Waals surface area (Å²) in [6.45, 7) is 0. The summed E-state index contributed by atoms with van der Waals surface area (Å²) in [5.41, 5.74) is 6.45. The van der Waals surface area contributed by atoms with Gasteiger partial charge < -0.3 is 4.57 Å². The third kappa shape index (κ3) is 3.94. The van der Waals surface area contributed by atoms with E-state index >= 15 is 0 Å². The van der Waals surface area contributed by atoms with E-state index in [1.54, 1.807) is 0 Å². The molecule has 0 aliphatic rings. The van der Waals surface area contributed by atoms with Gasteiger partial charge in [-0.1, -0.05) is 109 Å². The van der Waals surface area contributed by atoms with Gasteiger partial charge >= 0.3 is 0 Å². The summed E-state index contributed by atoms with van der Waals surface area (Å²) >= 11 is 1.85. The third-order valence-corrected chi connectivity index (χ3v) is 9.41. The van der Waals surface area contributed by atoms with Crippen LogP contribution in [0.25, 0.3) is 81.8 Å². The van der Waals surface area contributed by atoms with Gasteiger partial charge in [0.1, 0.15) is 0 Å². The van der Waals surface area contributed by atoms with Crippen molar-refractivity contribution in [1.29, 1.82) is 0 Å². The number of benzene rings is 6. The Hall–Kier alpha value is -5.65. The van der Waals surface area contributed by atoms with Crippen molar-refractivity contribution in [2.45, 2.75) is 0 Å². The number of hydrogen-bond donors (Lipinski definition) is 0. The van der Waals surface area contributed by atoms with E-state index in [2.05, 4.69) is 89.5 Å². The van der Waals surface area contributed by atoms with Gasteiger partial charge in [-0.15, -0.1) is 11.3 Å². The first kappa shape index (κ1) is 24.9. The Labute approximate surface area is 257 Å². The molecule has 3 heterocycles. The maximum absolute atomic E-state index is 5.01. The monoisotopic (exact) mass is 580 g/mol. The first-order valence-electron chi connectivity index (χ1n) is 14.6. The minimum atomic E-state index is 0.659. The fourth-order valence-corrected chi connectivity index (χ4v) is 7.44. The number of nitrogens with zero attached hydrogens (tertiary/aromatic N) is 4. The predicted molar refractivity (Wildman–Crippen MR) is 183 cm³/mol. The van der Waals surface area contributed by atoms with Crippen molar-refractivity contribution in [1.82, 2.24) is 19.5 Å². The largest absolute Gasteiger partial charge is 0.308 e. The summed E-state index contributed by atoms with van der Waals surface area (Å²) in [7, 11) is 0. The SMILES string of the molecule is c1ccc(-c2nc(-c3ccccc3)nc(-c3ccc4sc5c6c7ccccc7ccc6n(-c6ccccc6)c5c4c3)n2)cc1. The molecule has 0 radical (unpaired) electrons. The Morgan fingerprint density at radius 2 is 1.07 bits per heavy atom. The fourth-order valence-electron chi connectivity index (χ4n) is 6.20. The molecule has 206 valence electrons. The van der Waals surface area contributed by atoms with Gasteiger partial charge in [0.25, 0.3) is 0 Å². The van der Waals surface area contributed by atoms with E-state index in [4.69, 9.17) is 15.0 Å². The van der Waals surface area contributed by atoms with Crippen LogP contribution >= 0.6 is 11.3 Å². The Balaban J connectivity index is 1.34. The second-order valence-corrected chi connectivity index (χ2v) is 11.9. The highest BCUT2D eigenvalue weighted by Crippen LogP contribution is 2.45.